The Morgan fingerprint density at radius 3 is 2.95 bits per heavy atom. The molecular formula is C13H20N4O2. The number of hydrogen-bond acceptors (Lipinski definition) is 3. The van der Waals surface area contributed by atoms with E-state index in [1.54, 1.807) is 7.11 Å². The molecule has 0 saturated heterocycles. The van der Waals surface area contributed by atoms with Crippen molar-refractivity contribution in [3.8, 4) is 0 Å². The second-order valence-electron chi connectivity index (χ2n) is 4.04. The maximum absolute atomic E-state index is 11.4. The van der Waals surface area contributed by atoms with Crippen LogP contribution in [0.4, 0.5) is 5.69 Å². The fourth-order valence-corrected chi connectivity index (χ4v) is 1.42. The summed E-state index contributed by atoms with van der Waals surface area (Å²) in [7, 11) is 1.58. The highest BCUT2D eigenvalue weighted by Gasteiger charge is 2.00. The lowest BCUT2D eigenvalue weighted by Crippen LogP contribution is -2.31. The van der Waals surface area contributed by atoms with Gasteiger partial charge >= 0.3 is 0 Å². The molecule has 19 heavy (non-hydrogen) atoms. The molecule has 0 radical (unpaired) electrons. The summed E-state index contributed by atoms with van der Waals surface area (Å²) in [5.41, 5.74) is 7.66. The van der Waals surface area contributed by atoms with Crippen LogP contribution in [0.15, 0.2) is 29.3 Å². The Morgan fingerprint density at radius 2 is 2.26 bits per heavy atom. The summed E-state index contributed by atoms with van der Waals surface area (Å²) < 4.78 is 4.82. The Morgan fingerprint density at radius 1 is 1.47 bits per heavy atom. The summed E-state index contributed by atoms with van der Waals surface area (Å²) in [5.74, 6) is 0.0264. The van der Waals surface area contributed by atoms with Crippen molar-refractivity contribution >= 4 is 17.6 Å². The molecule has 1 amide bonds. The van der Waals surface area contributed by atoms with E-state index in [1.165, 1.54) is 0 Å². The number of hydrogen-bond donors (Lipinski definition) is 3. The van der Waals surface area contributed by atoms with Gasteiger partial charge < -0.3 is 21.1 Å². The number of guanidine groups is 1. The van der Waals surface area contributed by atoms with E-state index in [2.05, 4.69) is 15.6 Å². The Balaban J connectivity index is 2.38. The van der Waals surface area contributed by atoms with E-state index in [0.717, 1.165) is 11.3 Å². The van der Waals surface area contributed by atoms with Gasteiger partial charge in [0, 0.05) is 19.3 Å². The molecule has 0 spiro atoms. The van der Waals surface area contributed by atoms with E-state index in [0.29, 0.717) is 13.2 Å². The van der Waals surface area contributed by atoms with Crippen molar-refractivity contribution in [2.24, 2.45) is 10.7 Å². The highest BCUT2D eigenvalue weighted by Crippen LogP contribution is 2.08. The van der Waals surface area contributed by atoms with Crippen LogP contribution in [0.3, 0.4) is 0 Å². The molecule has 0 unspecified atom stereocenters. The Labute approximate surface area is 113 Å². The quantitative estimate of drug-likeness (QED) is 0.396. The summed E-state index contributed by atoms with van der Waals surface area (Å²) in [6.45, 7) is 2.93. The van der Waals surface area contributed by atoms with Gasteiger partial charge in [-0.2, -0.15) is 0 Å². The van der Waals surface area contributed by atoms with Crippen LogP contribution in [0.2, 0.25) is 0 Å². The number of carbonyl (C=O) groups is 1. The zero-order valence-corrected chi connectivity index (χ0v) is 11.3. The van der Waals surface area contributed by atoms with Gasteiger partial charge in [-0.15, -0.1) is 0 Å². The van der Waals surface area contributed by atoms with Gasteiger partial charge in [0.25, 0.3) is 0 Å². The Kier molecular flexibility index (Phi) is 6.38. The van der Waals surface area contributed by atoms with E-state index in [4.69, 9.17) is 10.5 Å². The molecule has 4 N–H and O–H groups in total. The molecule has 1 aromatic rings. The summed E-state index contributed by atoms with van der Waals surface area (Å²) in [6, 6.07) is 7.74. The van der Waals surface area contributed by atoms with Crippen molar-refractivity contribution in [2.45, 2.75) is 6.92 Å². The standard InChI is InChI=1S/C13H20N4O2/c1-10-4-3-5-11(8-10)17-13(14)16-9-12(18)15-6-7-19-2/h3-5,8H,6-7,9H2,1-2H3,(H,15,18)(H3,14,16,17). The molecule has 1 rings (SSSR count). The second-order valence-corrected chi connectivity index (χ2v) is 4.04. The van der Waals surface area contributed by atoms with Gasteiger partial charge in [-0.1, -0.05) is 12.1 Å². The van der Waals surface area contributed by atoms with E-state index >= 15 is 0 Å². The molecule has 0 atom stereocenters. The SMILES string of the molecule is COCCNC(=O)CN=C(N)Nc1cccc(C)c1. The summed E-state index contributed by atoms with van der Waals surface area (Å²) in [4.78, 5) is 15.3. The van der Waals surface area contributed by atoms with E-state index < -0.39 is 0 Å². The van der Waals surface area contributed by atoms with Crippen LogP contribution in [0.1, 0.15) is 5.56 Å². The number of aryl methyl sites for hydroxylation is 1. The van der Waals surface area contributed by atoms with Gasteiger partial charge in [0.15, 0.2) is 5.96 Å². The number of nitrogens with zero attached hydrogens (tertiary/aromatic N) is 1. The van der Waals surface area contributed by atoms with Crippen molar-refractivity contribution in [1.82, 2.24) is 5.32 Å². The number of nitrogens with one attached hydrogen (secondary N) is 2. The molecule has 0 fully saturated rings. The molecule has 0 aliphatic rings. The van der Waals surface area contributed by atoms with Gasteiger partial charge in [0.2, 0.25) is 5.91 Å². The van der Waals surface area contributed by atoms with Crippen LogP contribution < -0.4 is 16.4 Å². The molecule has 1 aromatic carbocycles. The fraction of sp³-hybridized carbons (Fsp3) is 0.385. The molecule has 0 saturated carbocycles. The van der Waals surface area contributed by atoms with Crippen LogP contribution in [-0.2, 0) is 9.53 Å². The van der Waals surface area contributed by atoms with E-state index in [9.17, 15) is 4.79 Å². The number of anilines is 1. The van der Waals surface area contributed by atoms with Crippen molar-refractivity contribution in [3.63, 3.8) is 0 Å². The molecule has 6 nitrogen and oxygen atoms in total. The van der Waals surface area contributed by atoms with Crippen LogP contribution in [0.5, 0.6) is 0 Å². The fourth-order valence-electron chi connectivity index (χ4n) is 1.42. The monoisotopic (exact) mass is 264 g/mol. The van der Waals surface area contributed by atoms with Crippen LogP contribution in [0, 0.1) is 6.92 Å². The average molecular weight is 264 g/mol. The minimum Gasteiger partial charge on any atom is -0.383 e. The van der Waals surface area contributed by atoms with Gasteiger partial charge in [0.1, 0.15) is 6.54 Å². The summed E-state index contributed by atoms with van der Waals surface area (Å²) >= 11 is 0. The molecule has 104 valence electrons. The number of rotatable bonds is 6. The Bertz CT molecular complexity index is 446. The van der Waals surface area contributed by atoms with Gasteiger partial charge in [-0.25, -0.2) is 4.99 Å². The molecular weight excluding hydrogens is 244 g/mol. The summed E-state index contributed by atoms with van der Waals surface area (Å²) in [5, 5.41) is 5.59. The van der Waals surface area contributed by atoms with Crippen molar-refractivity contribution in [1.29, 1.82) is 0 Å². The number of methoxy groups -OCH3 is 1. The molecule has 0 aliphatic heterocycles. The highest BCUT2D eigenvalue weighted by molar-refractivity contribution is 5.93. The second kappa shape index (κ2) is 8.10. The number of amides is 1. The predicted octanol–water partition coefficient (Wildman–Crippen LogP) is 0.484. The lowest BCUT2D eigenvalue weighted by molar-refractivity contribution is -0.119. The Hall–Kier alpha value is -2.08. The van der Waals surface area contributed by atoms with Crippen LogP contribution in [-0.4, -0.2) is 38.7 Å². The number of nitrogens with two attached hydrogens (primary N) is 1. The third kappa shape index (κ3) is 6.42. The third-order valence-corrected chi connectivity index (χ3v) is 2.31. The number of benzene rings is 1. The average Bonchev–Trinajstić information content (AvgIpc) is 2.37. The first-order valence-corrected chi connectivity index (χ1v) is 6.01. The smallest absolute Gasteiger partial charge is 0.241 e. The third-order valence-electron chi connectivity index (χ3n) is 2.31. The van der Waals surface area contributed by atoms with Crippen LogP contribution >= 0.6 is 0 Å². The predicted molar refractivity (Wildman–Crippen MR) is 76.2 cm³/mol. The zero-order valence-electron chi connectivity index (χ0n) is 11.3. The normalized spacial score (nSPS) is 11.2. The van der Waals surface area contributed by atoms with Crippen LogP contribution in [0.25, 0.3) is 0 Å². The zero-order chi connectivity index (χ0) is 14.1. The highest BCUT2D eigenvalue weighted by atomic mass is 16.5. The number of ether oxygens (including phenoxy) is 1. The number of carbonyl (C=O) groups excluding carboxylic acids is 1. The maximum atomic E-state index is 11.4. The topological polar surface area (TPSA) is 88.7 Å². The van der Waals surface area contributed by atoms with Crippen molar-refractivity contribution < 1.29 is 9.53 Å². The molecule has 0 aliphatic carbocycles. The van der Waals surface area contributed by atoms with E-state index in [-0.39, 0.29) is 18.4 Å². The molecule has 0 bridgehead atoms. The minimum absolute atomic E-state index is 0.00559. The summed E-state index contributed by atoms with van der Waals surface area (Å²) in [6.07, 6.45) is 0. The van der Waals surface area contributed by atoms with Gasteiger partial charge in [-0.3, -0.25) is 4.79 Å². The minimum atomic E-state index is -0.189. The largest absolute Gasteiger partial charge is 0.383 e. The van der Waals surface area contributed by atoms with Crippen molar-refractivity contribution in [3.05, 3.63) is 29.8 Å². The lowest BCUT2D eigenvalue weighted by atomic mass is 10.2. The molecule has 0 heterocycles. The first-order chi connectivity index (χ1) is 9.11. The van der Waals surface area contributed by atoms with E-state index in [1.807, 2.05) is 31.2 Å². The van der Waals surface area contributed by atoms with Gasteiger partial charge in [-0.05, 0) is 24.6 Å². The van der Waals surface area contributed by atoms with Gasteiger partial charge in [0.05, 0.1) is 6.61 Å². The van der Waals surface area contributed by atoms with Crippen molar-refractivity contribution in [2.75, 3.05) is 32.1 Å². The number of aliphatic imine (C=N–C) groups is 1. The lowest BCUT2D eigenvalue weighted by Gasteiger charge is -2.06. The molecule has 0 aromatic heterocycles. The first kappa shape index (κ1) is 15.0. The maximum Gasteiger partial charge on any atom is 0.241 e. The molecule has 6 heteroatoms. The first-order valence-electron chi connectivity index (χ1n) is 6.01.